The van der Waals surface area contributed by atoms with Crippen molar-refractivity contribution in [3.05, 3.63) is 72.9 Å². The summed E-state index contributed by atoms with van der Waals surface area (Å²) in [6.45, 7) is 3.99. The van der Waals surface area contributed by atoms with E-state index < -0.39 is 32.5 Å². The number of rotatable bonds is 36. The molecule has 0 radical (unpaired) electrons. The Balaban J connectivity index is 4.39. The number of ether oxygens (including phenoxy) is 2. The molecule has 0 saturated heterocycles. The van der Waals surface area contributed by atoms with Gasteiger partial charge in [-0.25, -0.2) is 4.57 Å². The first-order valence-electron chi connectivity index (χ1n) is 19.9. The maximum Gasteiger partial charge on any atom is 0.472 e. The van der Waals surface area contributed by atoms with E-state index in [9.17, 15) is 19.0 Å². The molecule has 298 valence electrons. The van der Waals surface area contributed by atoms with Crippen LogP contribution in [0.4, 0.5) is 0 Å². The molecule has 52 heavy (non-hydrogen) atoms. The standard InChI is InChI=1S/C42H72NO8P/c1-4-6-8-10-12-14-16-18-20-22-24-26-28-30-32-34-41(44)48-38-40(39-50-52(46,47)49-37-36-43-3)51-42(45)35-33-31-29-27-25-23-21-19-17-15-13-11-9-7-5-2/h6,8,12-15,18-21,25,27,40,43H,4-5,7,9-11,16-17,22-24,26,28-39H2,1-3H3,(H,46,47)/b8-6-,14-12-,15-13-,20-18-,21-19-,27-25-. The molecule has 0 aromatic rings. The van der Waals surface area contributed by atoms with E-state index in [0.29, 0.717) is 19.4 Å². The summed E-state index contributed by atoms with van der Waals surface area (Å²) in [6, 6.07) is 0. The van der Waals surface area contributed by atoms with Gasteiger partial charge in [-0.05, 0) is 90.5 Å². The molecule has 0 aliphatic heterocycles. The highest BCUT2D eigenvalue weighted by atomic mass is 31.2. The van der Waals surface area contributed by atoms with Crippen LogP contribution in [0.3, 0.4) is 0 Å². The molecule has 0 aliphatic rings. The Morgan fingerprint density at radius 1 is 0.615 bits per heavy atom. The van der Waals surface area contributed by atoms with E-state index in [4.69, 9.17) is 18.5 Å². The number of hydrogen-bond donors (Lipinski definition) is 2. The van der Waals surface area contributed by atoms with Crippen LogP contribution < -0.4 is 5.32 Å². The summed E-state index contributed by atoms with van der Waals surface area (Å²) in [5.74, 6) is -0.880. The predicted octanol–water partition coefficient (Wildman–Crippen LogP) is 11.0. The Morgan fingerprint density at radius 3 is 1.67 bits per heavy atom. The summed E-state index contributed by atoms with van der Waals surface area (Å²) in [6.07, 6.45) is 43.8. The van der Waals surface area contributed by atoms with Crippen molar-refractivity contribution in [2.45, 2.75) is 148 Å². The van der Waals surface area contributed by atoms with Crippen LogP contribution in [0.25, 0.3) is 0 Å². The molecule has 0 rings (SSSR count). The maximum absolute atomic E-state index is 12.6. The van der Waals surface area contributed by atoms with E-state index in [1.807, 2.05) is 0 Å². The molecule has 0 aromatic heterocycles. The largest absolute Gasteiger partial charge is 0.472 e. The summed E-state index contributed by atoms with van der Waals surface area (Å²) in [7, 11) is -2.67. The molecule has 0 aromatic carbocycles. The van der Waals surface area contributed by atoms with Gasteiger partial charge in [-0.2, -0.15) is 0 Å². The fraction of sp³-hybridized carbons (Fsp3) is 0.667. The van der Waals surface area contributed by atoms with Gasteiger partial charge in [0.05, 0.1) is 13.2 Å². The van der Waals surface area contributed by atoms with Crippen LogP contribution in [0.2, 0.25) is 0 Å². The number of likely N-dealkylation sites (N-methyl/N-ethyl adjacent to an activating group) is 1. The van der Waals surface area contributed by atoms with Crippen LogP contribution in [-0.2, 0) is 32.7 Å². The summed E-state index contributed by atoms with van der Waals surface area (Å²) in [5, 5.41) is 2.81. The van der Waals surface area contributed by atoms with Crippen LogP contribution in [-0.4, -0.2) is 56.3 Å². The number of allylic oxidation sites excluding steroid dienone is 12. The summed E-state index contributed by atoms with van der Waals surface area (Å²) in [5.41, 5.74) is 0. The Bertz CT molecular complexity index is 1080. The van der Waals surface area contributed by atoms with Gasteiger partial charge >= 0.3 is 19.8 Å². The first-order valence-corrected chi connectivity index (χ1v) is 21.4. The minimum atomic E-state index is -4.36. The van der Waals surface area contributed by atoms with Gasteiger partial charge in [0.15, 0.2) is 6.10 Å². The van der Waals surface area contributed by atoms with Crippen LogP contribution in [0, 0.1) is 0 Å². The van der Waals surface area contributed by atoms with Crippen LogP contribution >= 0.6 is 7.82 Å². The molecule has 10 heteroatoms. The lowest BCUT2D eigenvalue weighted by Gasteiger charge is -2.20. The van der Waals surface area contributed by atoms with Crippen molar-refractivity contribution in [3.8, 4) is 0 Å². The minimum Gasteiger partial charge on any atom is -0.462 e. The number of nitrogens with one attached hydrogen (secondary N) is 1. The second-order valence-corrected chi connectivity index (χ2v) is 14.2. The Kier molecular flexibility index (Phi) is 36.3. The van der Waals surface area contributed by atoms with Gasteiger partial charge < -0.3 is 19.7 Å². The van der Waals surface area contributed by atoms with Crippen molar-refractivity contribution in [3.63, 3.8) is 0 Å². The van der Waals surface area contributed by atoms with Crippen molar-refractivity contribution in [1.29, 1.82) is 0 Å². The zero-order valence-corrected chi connectivity index (χ0v) is 33.6. The Hall–Kier alpha value is -2.55. The number of hydrogen-bond acceptors (Lipinski definition) is 8. The fourth-order valence-electron chi connectivity index (χ4n) is 4.81. The third kappa shape index (κ3) is 37.2. The van der Waals surface area contributed by atoms with Gasteiger partial charge in [0.1, 0.15) is 6.61 Å². The Labute approximate surface area is 316 Å². The highest BCUT2D eigenvalue weighted by Crippen LogP contribution is 2.43. The average Bonchev–Trinajstić information content (AvgIpc) is 3.12. The molecule has 0 amide bonds. The first-order chi connectivity index (χ1) is 25.3. The number of phosphoric ester groups is 1. The third-order valence-electron chi connectivity index (χ3n) is 7.81. The highest BCUT2D eigenvalue weighted by Gasteiger charge is 2.26. The van der Waals surface area contributed by atoms with Crippen LogP contribution in [0.15, 0.2) is 72.9 Å². The molecule has 0 bridgehead atoms. The number of phosphoric acid groups is 1. The highest BCUT2D eigenvalue weighted by molar-refractivity contribution is 7.47. The fourth-order valence-corrected chi connectivity index (χ4v) is 5.56. The van der Waals surface area contributed by atoms with E-state index in [1.54, 1.807) is 7.05 Å². The molecule has 0 spiro atoms. The molecule has 0 heterocycles. The molecule has 0 fully saturated rings. The summed E-state index contributed by atoms with van der Waals surface area (Å²) >= 11 is 0. The van der Waals surface area contributed by atoms with Crippen LogP contribution in [0.5, 0.6) is 0 Å². The van der Waals surface area contributed by atoms with Gasteiger partial charge in [-0.1, -0.05) is 119 Å². The van der Waals surface area contributed by atoms with Crippen molar-refractivity contribution >= 4 is 19.8 Å². The molecular formula is C42H72NO8P. The smallest absolute Gasteiger partial charge is 0.462 e. The minimum absolute atomic E-state index is 0.0310. The average molecular weight is 750 g/mol. The second-order valence-electron chi connectivity index (χ2n) is 12.7. The molecule has 0 saturated carbocycles. The lowest BCUT2D eigenvalue weighted by atomic mass is 10.1. The normalized spacial score (nSPS) is 14.2. The summed E-state index contributed by atoms with van der Waals surface area (Å²) in [4.78, 5) is 34.9. The SMILES string of the molecule is CC/C=C\C/C=C\C/C=C\CCCCCCCC(=O)OCC(COP(=O)(O)OCCNC)OC(=O)CCCC/C=C\C/C=C\C/C=C\CCCCC. The molecular weight excluding hydrogens is 677 g/mol. The number of esters is 2. The number of unbranched alkanes of at least 4 members (excludes halogenated alkanes) is 10. The zero-order valence-electron chi connectivity index (χ0n) is 32.7. The molecule has 0 aliphatic carbocycles. The van der Waals surface area contributed by atoms with E-state index >= 15 is 0 Å². The van der Waals surface area contributed by atoms with Gasteiger partial charge in [0, 0.05) is 19.4 Å². The molecule has 2 atom stereocenters. The van der Waals surface area contributed by atoms with Crippen molar-refractivity contribution in [2.75, 3.05) is 33.4 Å². The summed E-state index contributed by atoms with van der Waals surface area (Å²) < 4.78 is 33.0. The number of carbonyl (C=O) groups excluding carboxylic acids is 2. The molecule has 2 unspecified atom stereocenters. The van der Waals surface area contributed by atoms with E-state index in [-0.39, 0.29) is 26.1 Å². The zero-order chi connectivity index (χ0) is 38.2. The lowest BCUT2D eigenvalue weighted by molar-refractivity contribution is -0.161. The first kappa shape index (κ1) is 49.5. The monoisotopic (exact) mass is 749 g/mol. The quantitative estimate of drug-likeness (QED) is 0.0279. The topological polar surface area (TPSA) is 120 Å². The van der Waals surface area contributed by atoms with Gasteiger partial charge in [-0.3, -0.25) is 18.6 Å². The van der Waals surface area contributed by atoms with Crippen molar-refractivity contribution in [2.24, 2.45) is 0 Å². The van der Waals surface area contributed by atoms with E-state index in [1.165, 1.54) is 19.3 Å². The van der Waals surface area contributed by atoms with Gasteiger partial charge in [-0.15, -0.1) is 0 Å². The number of carbonyl (C=O) groups is 2. The third-order valence-corrected chi connectivity index (χ3v) is 8.79. The second kappa shape index (κ2) is 38.2. The Morgan fingerprint density at radius 2 is 1.10 bits per heavy atom. The van der Waals surface area contributed by atoms with Crippen molar-refractivity contribution in [1.82, 2.24) is 5.32 Å². The maximum atomic E-state index is 12.6. The lowest BCUT2D eigenvalue weighted by Crippen LogP contribution is -2.29. The van der Waals surface area contributed by atoms with Crippen LogP contribution in [0.1, 0.15) is 142 Å². The van der Waals surface area contributed by atoms with Gasteiger partial charge in [0.25, 0.3) is 0 Å². The van der Waals surface area contributed by atoms with E-state index in [0.717, 1.165) is 83.5 Å². The molecule has 9 nitrogen and oxygen atoms in total. The predicted molar refractivity (Wildman–Crippen MR) is 215 cm³/mol. The molecule has 2 N–H and O–H groups in total. The van der Waals surface area contributed by atoms with Gasteiger partial charge in [0.2, 0.25) is 0 Å². The van der Waals surface area contributed by atoms with E-state index in [2.05, 4.69) is 92.1 Å². The van der Waals surface area contributed by atoms with Crippen molar-refractivity contribution < 1.29 is 37.6 Å².